The zero-order chi connectivity index (χ0) is 18.5. The molecule has 2 nitrogen and oxygen atoms in total. The SMILES string of the molecule is Br.CCCCCCCCCCCCCCN1C=CN(c2ccc(Cl)cc2)C1. The van der Waals surface area contributed by atoms with E-state index in [0.717, 1.165) is 18.2 Å². The van der Waals surface area contributed by atoms with Gasteiger partial charge in [0.25, 0.3) is 0 Å². The minimum Gasteiger partial charge on any atom is -0.358 e. The van der Waals surface area contributed by atoms with Crippen molar-refractivity contribution in [2.24, 2.45) is 0 Å². The van der Waals surface area contributed by atoms with Crippen molar-refractivity contribution in [2.45, 2.75) is 84.0 Å². The van der Waals surface area contributed by atoms with Crippen molar-refractivity contribution < 1.29 is 0 Å². The first-order valence-electron chi connectivity index (χ1n) is 10.7. The van der Waals surface area contributed by atoms with Gasteiger partial charge < -0.3 is 9.80 Å². The highest BCUT2D eigenvalue weighted by molar-refractivity contribution is 8.93. The second-order valence-electron chi connectivity index (χ2n) is 7.59. The van der Waals surface area contributed by atoms with Crippen molar-refractivity contribution in [1.29, 1.82) is 0 Å². The first kappa shape index (κ1) is 24.4. The smallest absolute Gasteiger partial charge is 0.0941 e. The van der Waals surface area contributed by atoms with Gasteiger partial charge in [-0.25, -0.2) is 0 Å². The molecule has 154 valence electrons. The molecule has 1 aromatic carbocycles. The maximum absolute atomic E-state index is 5.96. The fourth-order valence-electron chi connectivity index (χ4n) is 3.57. The van der Waals surface area contributed by atoms with Gasteiger partial charge >= 0.3 is 0 Å². The first-order chi connectivity index (χ1) is 12.8. The van der Waals surface area contributed by atoms with E-state index in [-0.39, 0.29) is 17.0 Å². The Labute approximate surface area is 182 Å². The van der Waals surface area contributed by atoms with Crippen LogP contribution in [-0.2, 0) is 0 Å². The van der Waals surface area contributed by atoms with Gasteiger partial charge in [0.15, 0.2) is 0 Å². The van der Waals surface area contributed by atoms with E-state index >= 15 is 0 Å². The normalized spacial score (nSPS) is 13.3. The molecule has 1 aliphatic heterocycles. The maximum Gasteiger partial charge on any atom is 0.0941 e. The monoisotopic (exact) mass is 456 g/mol. The van der Waals surface area contributed by atoms with Crippen LogP contribution in [-0.4, -0.2) is 18.1 Å². The third kappa shape index (κ3) is 10.4. The van der Waals surface area contributed by atoms with Gasteiger partial charge in [0, 0.05) is 29.7 Å². The summed E-state index contributed by atoms with van der Waals surface area (Å²) in [6, 6.07) is 8.08. The van der Waals surface area contributed by atoms with Crippen LogP contribution in [0.1, 0.15) is 84.0 Å². The van der Waals surface area contributed by atoms with Crippen LogP contribution in [0, 0.1) is 0 Å². The summed E-state index contributed by atoms with van der Waals surface area (Å²) in [6.07, 6.45) is 21.3. The van der Waals surface area contributed by atoms with E-state index in [1.165, 1.54) is 82.7 Å². The molecule has 0 fully saturated rings. The highest BCUT2D eigenvalue weighted by Gasteiger charge is 2.13. The lowest BCUT2D eigenvalue weighted by Gasteiger charge is -2.21. The maximum atomic E-state index is 5.96. The highest BCUT2D eigenvalue weighted by atomic mass is 79.9. The fourth-order valence-corrected chi connectivity index (χ4v) is 3.69. The van der Waals surface area contributed by atoms with Gasteiger partial charge in [-0.1, -0.05) is 89.2 Å². The Morgan fingerprint density at radius 1 is 0.741 bits per heavy atom. The molecule has 0 amide bonds. The Kier molecular flexibility index (Phi) is 13.8. The van der Waals surface area contributed by atoms with E-state index in [1.807, 2.05) is 12.1 Å². The molecule has 1 heterocycles. The third-order valence-corrected chi connectivity index (χ3v) is 5.50. The number of halogens is 2. The number of benzene rings is 1. The molecule has 0 spiro atoms. The summed E-state index contributed by atoms with van der Waals surface area (Å²) in [5, 5.41) is 0.797. The molecule has 0 aromatic heterocycles. The van der Waals surface area contributed by atoms with Crippen molar-refractivity contribution in [3.8, 4) is 0 Å². The van der Waals surface area contributed by atoms with E-state index in [0.29, 0.717) is 0 Å². The molecule has 0 bridgehead atoms. The minimum absolute atomic E-state index is 0. The largest absolute Gasteiger partial charge is 0.358 e. The molecule has 0 radical (unpaired) electrons. The Balaban J connectivity index is 0.00000364. The van der Waals surface area contributed by atoms with Crippen LogP contribution < -0.4 is 4.90 Å². The lowest BCUT2D eigenvalue weighted by Crippen LogP contribution is -2.25. The molecule has 0 atom stereocenters. The Bertz CT molecular complexity index is 504. The number of nitrogens with zero attached hydrogens (tertiary/aromatic N) is 2. The summed E-state index contributed by atoms with van der Waals surface area (Å²) in [4.78, 5) is 4.68. The van der Waals surface area contributed by atoms with E-state index in [1.54, 1.807) is 0 Å². The molecule has 27 heavy (non-hydrogen) atoms. The minimum atomic E-state index is 0. The fraction of sp³-hybridized carbons (Fsp3) is 0.652. The Morgan fingerprint density at radius 3 is 1.81 bits per heavy atom. The van der Waals surface area contributed by atoms with Crippen LogP contribution in [0.25, 0.3) is 0 Å². The van der Waals surface area contributed by atoms with Gasteiger partial charge in [0.1, 0.15) is 0 Å². The van der Waals surface area contributed by atoms with Crippen molar-refractivity contribution in [3.05, 3.63) is 41.7 Å². The van der Waals surface area contributed by atoms with Crippen LogP contribution in [0.4, 0.5) is 5.69 Å². The van der Waals surface area contributed by atoms with Gasteiger partial charge in [-0.05, 0) is 30.7 Å². The van der Waals surface area contributed by atoms with E-state index in [4.69, 9.17) is 11.6 Å². The van der Waals surface area contributed by atoms with E-state index < -0.39 is 0 Å². The van der Waals surface area contributed by atoms with Crippen LogP contribution in [0.2, 0.25) is 5.02 Å². The van der Waals surface area contributed by atoms with Gasteiger partial charge in [0.2, 0.25) is 0 Å². The molecule has 4 heteroatoms. The van der Waals surface area contributed by atoms with Gasteiger partial charge in [-0.3, -0.25) is 0 Å². The average Bonchev–Trinajstić information content (AvgIpc) is 3.12. The van der Waals surface area contributed by atoms with Crippen LogP contribution in [0.5, 0.6) is 0 Å². The first-order valence-corrected chi connectivity index (χ1v) is 11.1. The highest BCUT2D eigenvalue weighted by Crippen LogP contribution is 2.22. The summed E-state index contributed by atoms with van der Waals surface area (Å²) in [7, 11) is 0. The quantitative estimate of drug-likeness (QED) is 0.260. The summed E-state index contributed by atoms with van der Waals surface area (Å²) in [5.74, 6) is 0. The third-order valence-electron chi connectivity index (χ3n) is 5.25. The lowest BCUT2D eigenvalue weighted by atomic mass is 10.1. The van der Waals surface area contributed by atoms with Crippen LogP contribution in [0.15, 0.2) is 36.7 Å². The molecule has 0 saturated heterocycles. The standard InChI is InChI=1S/C23H37ClN2.BrH/c1-2-3-4-5-6-7-8-9-10-11-12-13-18-25-19-20-26(21-25)23-16-14-22(24)15-17-23;/h14-17,19-20H,2-13,18,21H2,1H3;1H. The van der Waals surface area contributed by atoms with E-state index in [9.17, 15) is 0 Å². The second kappa shape index (κ2) is 15.3. The summed E-state index contributed by atoms with van der Waals surface area (Å²) >= 11 is 5.96. The Hall–Kier alpha value is -0.670. The molecule has 1 aromatic rings. The van der Waals surface area contributed by atoms with Crippen LogP contribution in [0.3, 0.4) is 0 Å². The molecule has 0 aliphatic carbocycles. The molecule has 2 rings (SSSR count). The molecular formula is C23H38BrClN2. The second-order valence-corrected chi connectivity index (χ2v) is 8.02. The summed E-state index contributed by atoms with van der Waals surface area (Å²) < 4.78 is 0. The molecule has 1 aliphatic rings. The molecular weight excluding hydrogens is 420 g/mol. The lowest BCUT2D eigenvalue weighted by molar-refractivity contribution is 0.388. The van der Waals surface area contributed by atoms with E-state index in [2.05, 4.69) is 41.3 Å². The zero-order valence-electron chi connectivity index (χ0n) is 17.0. The number of unbranched alkanes of at least 4 members (excludes halogenated alkanes) is 11. The molecule has 0 N–H and O–H groups in total. The predicted octanol–water partition coefficient (Wildman–Crippen LogP) is 8.17. The number of hydrogen-bond donors (Lipinski definition) is 0. The van der Waals surface area contributed by atoms with Crippen molar-refractivity contribution >= 4 is 34.3 Å². The van der Waals surface area contributed by atoms with Crippen LogP contribution >= 0.6 is 28.6 Å². The predicted molar refractivity (Wildman–Crippen MR) is 126 cm³/mol. The average molecular weight is 458 g/mol. The van der Waals surface area contributed by atoms with Gasteiger partial charge in [-0.15, -0.1) is 17.0 Å². The molecule has 0 unspecified atom stereocenters. The number of anilines is 1. The van der Waals surface area contributed by atoms with Crippen molar-refractivity contribution in [2.75, 3.05) is 18.1 Å². The Morgan fingerprint density at radius 2 is 1.26 bits per heavy atom. The zero-order valence-corrected chi connectivity index (χ0v) is 19.5. The van der Waals surface area contributed by atoms with Gasteiger partial charge in [0.05, 0.1) is 6.67 Å². The number of hydrogen-bond acceptors (Lipinski definition) is 2. The van der Waals surface area contributed by atoms with Crippen molar-refractivity contribution in [3.63, 3.8) is 0 Å². The topological polar surface area (TPSA) is 6.48 Å². The van der Waals surface area contributed by atoms with Gasteiger partial charge in [-0.2, -0.15) is 0 Å². The summed E-state index contributed by atoms with van der Waals surface area (Å²) in [6.45, 7) is 4.41. The number of rotatable bonds is 14. The summed E-state index contributed by atoms with van der Waals surface area (Å²) in [5.41, 5.74) is 1.21. The van der Waals surface area contributed by atoms with Crippen molar-refractivity contribution in [1.82, 2.24) is 4.90 Å². The molecule has 0 saturated carbocycles.